The van der Waals surface area contributed by atoms with Gasteiger partial charge in [0.2, 0.25) is 0 Å². The van der Waals surface area contributed by atoms with Crippen LogP contribution in [0, 0.1) is 17.5 Å². The molecule has 0 aliphatic heterocycles. The minimum Gasteiger partial charge on any atom is -0.399 e. The van der Waals surface area contributed by atoms with Crippen LogP contribution in [0.1, 0.15) is 0 Å². The molecule has 120 valence electrons. The van der Waals surface area contributed by atoms with Crippen LogP contribution in [0.25, 0.3) is 0 Å². The molecule has 0 radical (unpaired) electrons. The number of carbonyl (C=O) groups excluding carboxylic acids is 2. The molecule has 23 heavy (non-hydrogen) atoms. The van der Waals surface area contributed by atoms with Gasteiger partial charge >= 0.3 is 11.8 Å². The zero-order valence-corrected chi connectivity index (χ0v) is 12.0. The van der Waals surface area contributed by atoms with Crippen LogP contribution >= 0.6 is 11.6 Å². The van der Waals surface area contributed by atoms with Gasteiger partial charge in [-0.2, -0.15) is 0 Å². The Labute approximate surface area is 133 Å². The first-order chi connectivity index (χ1) is 10.8. The highest BCUT2D eigenvalue weighted by Crippen LogP contribution is 2.24. The highest BCUT2D eigenvalue weighted by molar-refractivity contribution is 6.44. The number of nitrogens with two attached hydrogens (primary N) is 1. The van der Waals surface area contributed by atoms with Gasteiger partial charge in [-0.05, 0) is 30.3 Å². The van der Waals surface area contributed by atoms with Gasteiger partial charge in [-0.25, -0.2) is 13.2 Å². The molecule has 2 amide bonds. The molecule has 0 aromatic heterocycles. The van der Waals surface area contributed by atoms with Gasteiger partial charge in [-0.1, -0.05) is 11.6 Å². The predicted octanol–water partition coefficient (Wildman–Crippen LogP) is 2.92. The van der Waals surface area contributed by atoms with Crippen molar-refractivity contribution in [3.63, 3.8) is 0 Å². The van der Waals surface area contributed by atoms with Gasteiger partial charge in [-0.15, -0.1) is 0 Å². The Hall–Kier alpha value is -2.74. The molecule has 0 bridgehead atoms. The van der Waals surface area contributed by atoms with Gasteiger partial charge in [0, 0.05) is 5.69 Å². The Bertz CT molecular complexity index is 799. The van der Waals surface area contributed by atoms with Crippen LogP contribution in [0.2, 0.25) is 5.02 Å². The highest BCUT2D eigenvalue weighted by Gasteiger charge is 2.20. The fourth-order valence-corrected chi connectivity index (χ4v) is 1.85. The molecule has 0 fully saturated rings. The first kappa shape index (κ1) is 16.6. The van der Waals surface area contributed by atoms with Gasteiger partial charge in [0.05, 0.1) is 16.4 Å². The van der Waals surface area contributed by atoms with Crippen molar-refractivity contribution in [2.24, 2.45) is 0 Å². The predicted molar refractivity (Wildman–Crippen MR) is 79.4 cm³/mol. The van der Waals surface area contributed by atoms with Crippen LogP contribution in [-0.2, 0) is 9.59 Å². The van der Waals surface area contributed by atoms with E-state index in [4.69, 9.17) is 17.3 Å². The summed E-state index contributed by atoms with van der Waals surface area (Å²) in [6, 6.07) is 5.55. The molecule has 0 spiro atoms. The first-order valence-corrected chi connectivity index (χ1v) is 6.48. The topological polar surface area (TPSA) is 84.2 Å². The number of halogens is 4. The molecular weight excluding hydrogens is 335 g/mol. The quantitative estimate of drug-likeness (QED) is 0.445. The maximum absolute atomic E-state index is 13.4. The lowest BCUT2D eigenvalue weighted by Crippen LogP contribution is -2.29. The second-order valence-electron chi connectivity index (χ2n) is 4.37. The molecule has 2 aromatic rings. The number of hydrogen-bond donors (Lipinski definition) is 3. The van der Waals surface area contributed by atoms with E-state index in [0.29, 0.717) is 11.8 Å². The van der Waals surface area contributed by atoms with Crippen molar-refractivity contribution in [1.29, 1.82) is 0 Å². The van der Waals surface area contributed by atoms with Crippen molar-refractivity contribution in [3.8, 4) is 0 Å². The van der Waals surface area contributed by atoms with Crippen LogP contribution in [-0.4, -0.2) is 11.8 Å². The Kier molecular flexibility index (Phi) is 4.75. The van der Waals surface area contributed by atoms with Crippen LogP contribution in [0.3, 0.4) is 0 Å². The zero-order valence-electron chi connectivity index (χ0n) is 11.3. The number of rotatable bonds is 2. The maximum Gasteiger partial charge on any atom is 0.314 e. The third-order valence-corrected chi connectivity index (χ3v) is 3.04. The number of benzene rings is 2. The molecule has 0 heterocycles. The van der Waals surface area contributed by atoms with Crippen molar-refractivity contribution < 1.29 is 22.8 Å². The van der Waals surface area contributed by atoms with Crippen LogP contribution < -0.4 is 16.4 Å². The summed E-state index contributed by atoms with van der Waals surface area (Å²) in [7, 11) is 0. The van der Waals surface area contributed by atoms with E-state index in [1.807, 2.05) is 5.32 Å². The second-order valence-corrected chi connectivity index (χ2v) is 4.78. The molecule has 2 aromatic carbocycles. The zero-order chi connectivity index (χ0) is 17.1. The van der Waals surface area contributed by atoms with E-state index < -0.39 is 35.0 Å². The minimum atomic E-state index is -1.76. The van der Waals surface area contributed by atoms with Crippen LogP contribution in [0.4, 0.5) is 30.2 Å². The van der Waals surface area contributed by atoms with Crippen molar-refractivity contribution >= 4 is 40.5 Å². The molecule has 0 aliphatic rings. The van der Waals surface area contributed by atoms with E-state index in [1.165, 1.54) is 18.2 Å². The van der Waals surface area contributed by atoms with E-state index in [1.54, 1.807) is 0 Å². The summed E-state index contributed by atoms with van der Waals surface area (Å²) in [6.07, 6.45) is 0. The largest absolute Gasteiger partial charge is 0.399 e. The Morgan fingerprint density at radius 1 is 0.913 bits per heavy atom. The standard InChI is InChI=1S/C14H9ClF3N3O2/c15-7-5-6(19)1-3-9(7)20-13(22)14(23)21-10-4-2-8(16)11(17)12(10)18/h1-5H,19H2,(H,20,22)(H,21,23). The normalized spacial score (nSPS) is 10.3. The smallest absolute Gasteiger partial charge is 0.314 e. The number of hydrogen-bond acceptors (Lipinski definition) is 3. The van der Waals surface area contributed by atoms with E-state index in [9.17, 15) is 22.8 Å². The highest BCUT2D eigenvalue weighted by atomic mass is 35.5. The summed E-state index contributed by atoms with van der Waals surface area (Å²) in [5.41, 5.74) is 5.26. The molecule has 0 atom stereocenters. The Morgan fingerprint density at radius 2 is 1.48 bits per heavy atom. The molecule has 0 saturated carbocycles. The van der Waals surface area contributed by atoms with E-state index >= 15 is 0 Å². The lowest BCUT2D eigenvalue weighted by molar-refractivity contribution is -0.133. The van der Waals surface area contributed by atoms with Gasteiger partial charge in [0.15, 0.2) is 17.5 Å². The van der Waals surface area contributed by atoms with Gasteiger partial charge in [-0.3, -0.25) is 9.59 Å². The number of anilines is 3. The van der Waals surface area contributed by atoms with E-state index in [0.717, 1.165) is 6.07 Å². The molecule has 0 aliphatic carbocycles. The molecule has 0 unspecified atom stereocenters. The van der Waals surface area contributed by atoms with Gasteiger partial charge in [0.1, 0.15) is 0 Å². The molecule has 5 nitrogen and oxygen atoms in total. The number of carbonyl (C=O) groups is 2. The Morgan fingerprint density at radius 3 is 2.09 bits per heavy atom. The average Bonchev–Trinajstić information content (AvgIpc) is 2.50. The summed E-state index contributed by atoms with van der Waals surface area (Å²) < 4.78 is 39.3. The molecule has 2 rings (SSSR count). The first-order valence-electron chi connectivity index (χ1n) is 6.10. The molecule has 9 heteroatoms. The number of amides is 2. The van der Waals surface area contributed by atoms with Crippen molar-refractivity contribution in [2.75, 3.05) is 16.4 Å². The SMILES string of the molecule is Nc1ccc(NC(=O)C(=O)Nc2ccc(F)c(F)c2F)c(Cl)c1. The van der Waals surface area contributed by atoms with Crippen molar-refractivity contribution in [1.82, 2.24) is 0 Å². The lowest BCUT2D eigenvalue weighted by Gasteiger charge is -2.09. The maximum atomic E-state index is 13.4. The minimum absolute atomic E-state index is 0.0881. The third-order valence-electron chi connectivity index (χ3n) is 2.73. The van der Waals surface area contributed by atoms with Gasteiger partial charge < -0.3 is 16.4 Å². The Balaban J connectivity index is 2.12. The van der Waals surface area contributed by atoms with Crippen LogP contribution in [0.5, 0.6) is 0 Å². The van der Waals surface area contributed by atoms with Crippen molar-refractivity contribution in [2.45, 2.75) is 0 Å². The second kappa shape index (κ2) is 6.57. The fraction of sp³-hybridized carbons (Fsp3) is 0. The molecular formula is C14H9ClF3N3O2. The molecule has 0 saturated heterocycles. The lowest BCUT2D eigenvalue weighted by atomic mass is 10.2. The van der Waals surface area contributed by atoms with E-state index in [-0.39, 0.29) is 10.7 Å². The molecule has 4 N–H and O–H groups in total. The monoisotopic (exact) mass is 343 g/mol. The van der Waals surface area contributed by atoms with Gasteiger partial charge in [0.25, 0.3) is 0 Å². The number of nitrogens with one attached hydrogen (secondary N) is 2. The van der Waals surface area contributed by atoms with E-state index in [2.05, 4.69) is 5.32 Å². The summed E-state index contributed by atoms with van der Waals surface area (Å²) >= 11 is 5.82. The summed E-state index contributed by atoms with van der Waals surface area (Å²) in [6.45, 7) is 0. The summed E-state index contributed by atoms with van der Waals surface area (Å²) in [5, 5.41) is 4.09. The third kappa shape index (κ3) is 3.72. The average molecular weight is 344 g/mol. The number of nitrogen functional groups attached to an aromatic ring is 1. The fourth-order valence-electron chi connectivity index (χ4n) is 1.61. The van der Waals surface area contributed by atoms with Crippen LogP contribution in [0.15, 0.2) is 30.3 Å². The summed E-state index contributed by atoms with van der Waals surface area (Å²) in [4.78, 5) is 23.4. The van der Waals surface area contributed by atoms with Crippen molar-refractivity contribution in [3.05, 3.63) is 52.8 Å². The summed E-state index contributed by atoms with van der Waals surface area (Å²) in [5.74, 6) is -7.26.